The number of carbonyl (C=O) groups is 2. The van der Waals surface area contributed by atoms with Crippen molar-refractivity contribution in [1.29, 1.82) is 0 Å². The Morgan fingerprint density at radius 2 is 1.71 bits per heavy atom. The van der Waals surface area contributed by atoms with Crippen molar-refractivity contribution < 1.29 is 9.59 Å². The number of hydrogen-bond acceptors (Lipinski definition) is 2. The lowest BCUT2D eigenvalue weighted by atomic mass is 10.1. The second-order valence-electron chi connectivity index (χ2n) is 5.77. The highest BCUT2D eigenvalue weighted by Crippen LogP contribution is 2.20. The zero-order valence-corrected chi connectivity index (χ0v) is 14.5. The number of benzene rings is 2. The minimum atomic E-state index is -0.123. The van der Waals surface area contributed by atoms with E-state index in [1.54, 1.807) is 24.0 Å². The first-order valence-corrected chi connectivity index (χ1v) is 8.23. The van der Waals surface area contributed by atoms with Crippen molar-refractivity contribution in [3.8, 4) is 0 Å². The van der Waals surface area contributed by atoms with E-state index in [2.05, 4.69) is 12.2 Å². The summed E-state index contributed by atoms with van der Waals surface area (Å²) in [5.74, 6) is -0.150. The molecule has 126 valence electrons. The first-order valence-electron chi connectivity index (χ1n) is 8.23. The molecule has 0 aliphatic heterocycles. The fraction of sp³-hybridized carbons (Fsp3) is 0.300. The summed E-state index contributed by atoms with van der Waals surface area (Å²) in [6.07, 6.45) is 0.857. The van der Waals surface area contributed by atoms with E-state index in [0.29, 0.717) is 18.7 Å². The smallest absolute Gasteiger partial charge is 0.251 e. The molecule has 0 unspecified atom stereocenters. The van der Waals surface area contributed by atoms with Crippen LogP contribution < -0.4 is 10.2 Å². The first kappa shape index (κ1) is 17.7. The lowest BCUT2D eigenvalue weighted by Gasteiger charge is -2.24. The molecular formula is C20H24N2O2. The van der Waals surface area contributed by atoms with Gasteiger partial charge in [-0.2, -0.15) is 0 Å². The summed E-state index contributed by atoms with van der Waals surface area (Å²) in [6.45, 7) is 6.45. The van der Waals surface area contributed by atoms with Gasteiger partial charge in [-0.25, -0.2) is 0 Å². The molecule has 2 amide bonds. The third-order valence-corrected chi connectivity index (χ3v) is 3.98. The van der Waals surface area contributed by atoms with E-state index < -0.39 is 0 Å². The molecule has 0 saturated carbocycles. The Balaban J connectivity index is 2.01. The lowest BCUT2D eigenvalue weighted by molar-refractivity contribution is -0.116. The quantitative estimate of drug-likeness (QED) is 0.886. The van der Waals surface area contributed by atoms with Crippen molar-refractivity contribution in [1.82, 2.24) is 5.32 Å². The van der Waals surface area contributed by atoms with Crippen molar-refractivity contribution in [3.05, 3.63) is 65.2 Å². The van der Waals surface area contributed by atoms with Gasteiger partial charge < -0.3 is 10.2 Å². The molecule has 24 heavy (non-hydrogen) atoms. The summed E-state index contributed by atoms with van der Waals surface area (Å²) in [7, 11) is 0. The van der Waals surface area contributed by atoms with Gasteiger partial charge in [-0.1, -0.05) is 42.8 Å². The summed E-state index contributed by atoms with van der Waals surface area (Å²) in [5, 5.41) is 2.88. The predicted octanol–water partition coefficient (Wildman–Crippen LogP) is 3.34. The van der Waals surface area contributed by atoms with Gasteiger partial charge in [0, 0.05) is 31.3 Å². The van der Waals surface area contributed by atoms with Crippen LogP contribution in [0.2, 0.25) is 0 Å². The average Bonchev–Trinajstić information content (AvgIpc) is 2.59. The van der Waals surface area contributed by atoms with E-state index in [4.69, 9.17) is 0 Å². The minimum Gasteiger partial charge on any atom is -0.350 e. The highest BCUT2D eigenvalue weighted by atomic mass is 16.2. The summed E-state index contributed by atoms with van der Waals surface area (Å²) in [6, 6.07) is 15.3. The SMILES string of the molecule is CCc1ccccc1N(CCNC(=O)c1ccc(C)cc1)C(C)=O. The molecule has 0 aliphatic rings. The van der Waals surface area contributed by atoms with Gasteiger partial charge in [0.15, 0.2) is 0 Å². The van der Waals surface area contributed by atoms with E-state index in [9.17, 15) is 9.59 Å². The number of anilines is 1. The number of amides is 2. The Labute approximate surface area is 143 Å². The summed E-state index contributed by atoms with van der Waals surface area (Å²) < 4.78 is 0. The van der Waals surface area contributed by atoms with Gasteiger partial charge in [0.1, 0.15) is 0 Å². The van der Waals surface area contributed by atoms with E-state index in [1.165, 1.54) is 0 Å². The molecule has 1 N–H and O–H groups in total. The topological polar surface area (TPSA) is 49.4 Å². The predicted molar refractivity (Wildman–Crippen MR) is 97.4 cm³/mol. The fourth-order valence-electron chi connectivity index (χ4n) is 2.61. The molecular weight excluding hydrogens is 300 g/mol. The standard InChI is InChI=1S/C20H24N2O2/c1-4-17-7-5-6-8-19(17)22(16(3)23)14-13-21-20(24)18-11-9-15(2)10-12-18/h5-12H,4,13-14H2,1-3H3,(H,21,24). The summed E-state index contributed by atoms with van der Waals surface area (Å²) in [4.78, 5) is 25.9. The highest BCUT2D eigenvalue weighted by molar-refractivity contribution is 5.95. The van der Waals surface area contributed by atoms with Gasteiger partial charge >= 0.3 is 0 Å². The van der Waals surface area contributed by atoms with Crippen molar-refractivity contribution >= 4 is 17.5 Å². The van der Waals surface area contributed by atoms with Crippen LogP contribution in [-0.4, -0.2) is 24.9 Å². The van der Waals surface area contributed by atoms with Crippen LogP contribution in [0.25, 0.3) is 0 Å². The molecule has 0 atom stereocenters. The van der Waals surface area contributed by atoms with Crippen LogP contribution in [0, 0.1) is 6.92 Å². The Morgan fingerprint density at radius 1 is 1.04 bits per heavy atom. The number of rotatable bonds is 6. The van der Waals surface area contributed by atoms with E-state index in [1.807, 2.05) is 43.3 Å². The maximum Gasteiger partial charge on any atom is 0.251 e. The molecule has 0 aromatic heterocycles. The van der Waals surface area contributed by atoms with Crippen LogP contribution in [0.4, 0.5) is 5.69 Å². The van der Waals surface area contributed by atoms with Crippen molar-refractivity contribution in [3.63, 3.8) is 0 Å². The lowest BCUT2D eigenvalue weighted by Crippen LogP contribution is -2.38. The van der Waals surface area contributed by atoms with Crippen molar-refractivity contribution in [2.45, 2.75) is 27.2 Å². The molecule has 2 aromatic rings. The summed E-state index contributed by atoms with van der Waals surface area (Å²) >= 11 is 0. The molecule has 0 saturated heterocycles. The molecule has 0 radical (unpaired) electrons. The normalized spacial score (nSPS) is 10.3. The van der Waals surface area contributed by atoms with Gasteiger partial charge in [0.05, 0.1) is 0 Å². The van der Waals surface area contributed by atoms with Crippen LogP contribution in [0.15, 0.2) is 48.5 Å². The van der Waals surface area contributed by atoms with Gasteiger partial charge in [0.25, 0.3) is 5.91 Å². The third-order valence-electron chi connectivity index (χ3n) is 3.98. The highest BCUT2D eigenvalue weighted by Gasteiger charge is 2.14. The molecule has 4 heteroatoms. The molecule has 0 bridgehead atoms. The first-order chi connectivity index (χ1) is 11.5. The second-order valence-corrected chi connectivity index (χ2v) is 5.77. The van der Waals surface area contributed by atoms with Crippen molar-refractivity contribution in [2.24, 2.45) is 0 Å². The molecule has 0 fully saturated rings. The maximum atomic E-state index is 12.2. The molecule has 0 aliphatic carbocycles. The fourth-order valence-corrected chi connectivity index (χ4v) is 2.61. The van der Waals surface area contributed by atoms with Gasteiger partial charge in [-0.3, -0.25) is 9.59 Å². The number of para-hydroxylation sites is 1. The summed E-state index contributed by atoms with van der Waals surface area (Å²) in [5.41, 5.74) is 3.78. The average molecular weight is 324 g/mol. The minimum absolute atomic E-state index is 0.0273. The Hall–Kier alpha value is -2.62. The van der Waals surface area contributed by atoms with Crippen LogP contribution in [0.5, 0.6) is 0 Å². The Kier molecular flexibility index (Phi) is 6.13. The zero-order valence-electron chi connectivity index (χ0n) is 14.5. The Bertz CT molecular complexity index is 708. The van der Waals surface area contributed by atoms with Crippen LogP contribution in [0.3, 0.4) is 0 Å². The van der Waals surface area contributed by atoms with Crippen LogP contribution in [0.1, 0.15) is 35.3 Å². The largest absolute Gasteiger partial charge is 0.350 e. The van der Waals surface area contributed by atoms with Gasteiger partial charge in [-0.15, -0.1) is 0 Å². The molecule has 2 aromatic carbocycles. The monoisotopic (exact) mass is 324 g/mol. The molecule has 2 rings (SSSR count). The van der Waals surface area contributed by atoms with Crippen LogP contribution >= 0.6 is 0 Å². The number of nitrogens with one attached hydrogen (secondary N) is 1. The van der Waals surface area contributed by atoms with Gasteiger partial charge in [-0.05, 0) is 37.1 Å². The molecule has 4 nitrogen and oxygen atoms in total. The maximum absolute atomic E-state index is 12.2. The molecule has 0 heterocycles. The van der Waals surface area contributed by atoms with Crippen LogP contribution in [-0.2, 0) is 11.2 Å². The van der Waals surface area contributed by atoms with Gasteiger partial charge in [0.2, 0.25) is 5.91 Å². The number of nitrogens with zero attached hydrogens (tertiary/aromatic N) is 1. The number of aryl methyl sites for hydroxylation is 2. The van der Waals surface area contributed by atoms with E-state index in [0.717, 1.165) is 23.2 Å². The Morgan fingerprint density at radius 3 is 2.33 bits per heavy atom. The van der Waals surface area contributed by atoms with Crippen molar-refractivity contribution in [2.75, 3.05) is 18.0 Å². The number of carbonyl (C=O) groups excluding carboxylic acids is 2. The second kappa shape index (κ2) is 8.29. The van der Waals surface area contributed by atoms with E-state index >= 15 is 0 Å². The number of hydrogen-bond donors (Lipinski definition) is 1. The van der Waals surface area contributed by atoms with E-state index in [-0.39, 0.29) is 11.8 Å². The molecule has 0 spiro atoms. The third kappa shape index (κ3) is 4.44. The zero-order chi connectivity index (χ0) is 17.5.